The third-order valence-corrected chi connectivity index (χ3v) is 2.55. The minimum absolute atomic E-state index is 0.0973. The summed E-state index contributed by atoms with van der Waals surface area (Å²) in [6.45, 7) is 3.50. The highest BCUT2D eigenvalue weighted by molar-refractivity contribution is 5.80. The molecule has 0 spiro atoms. The lowest BCUT2D eigenvalue weighted by molar-refractivity contribution is -0.135. The zero-order chi connectivity index (χ0) is 13.0. The van der Waals surface area contributed by atoms with Crippen molar-refractivity contribution < 1.29 is 14.6 Å². The van der Waals surface area contributed by atoms with Crippen molar-refractivity contribution in [3.8, 4) is 5.75 Å². The van der Waals surface area contributed by atoms with Gasteiger partial charge in [-0.15, -0.1) is 0 Å². The van der Waals surface area contributed by atoms with E-state index in [0.717, 1.165) is 5.56 Å². The van der Waals surface area contributed by atoms with Crippen molar-refractivity contribution in [2.75, 3.05) is 14.1 Å². The van der Waals surface area contributed by atoms with Crippen LogP contribution in [-0.2, 0) is 11.4 Å². The monoisotopic (exact) mass is 237 g/mol. The highest BCUT2D eigenvalue weighted by Gasteiger charge is 2.18. The van der Waals surface area contributed by atoms with E-state index in [4.69, 9.17) is 4.74 Å². The van der Waals surface area contributed by atoms with Gasteiger partial charge in [-0.05, 0) is 19.4 Å². The van der Waals surface area contributed by atoms with Crippen molar-refractivity contribution in [1.29, 1.82) is 0 Å². The Balaban J connectivity index is 2.91. The number of hydrogen-bond donors (Lipinski definition) is 1. The fourth-order valence-corrected chi connectivity index (χ4v) is 1.60. The van der Waals surface area contributed by atoms with E-state index in [0.29, 0.717) is 11.3 Å². The largest absolute Gasteiger partial charge is 0.480 e. The molecule has 4 nitrogen and oxygen atoms in total. The third kappa shape index (κ3) is 3.20. The Morgan fingerprint density at radius 2 is 2.12 bits per heavy atom. The Morgan fingerprint density at radius 1 is 1.47 bits per heavy atom. The van der Waals surface area contributed by atoms with Crippen LogP contribution >= 0.6 is 0 Å². The number of aliphatic hydroxyl groups is 1. The zero-order valence-electron chi connectivity index (χ0n) is 10.7. The van der Waals surface area contributed by atoms with Gasteiger partial charge in [0.05, 0.1) is 6.61 Å². The molecule has 0 aliphatic carbocycles. The van der Waals surface area contributed by atoms with E-state index in [1.54, 1.807) is 27.1 Å². The van der Waals surface area contributed by atoms with Crippen molar-refractivity contribution in [2.45, 2.75) is 26.6 Å². The van der Waals surface area contributed by atoms with E-state index in [9.17, 15) is 9.90 Å². The molecule has 1 unspecified atom stereocenters. The van der Waals surface area contributed by atoms with Gasteiger partial charge in [-0.3, -0.25) is 4.79 Å². The summed E-state index contributed by atoms with van der Waals surface area (Å²) in [5.41, 5.74) is 1.61. The minimum atomic E-state index is -0.559. The molecular weight excluding hydrogens is 218 g/mol. The van der Waals surface area contributed by atoms with Crippen molar-refractivity contribution in [3.05, 3.63) is 29.3 Å². The molecule has 0 aliphatic rings. The molecule has 1 N–H and O–H groups in total. The maximum absolute atomic E-state index is 11.7. The molecule has 0 radical (unpaired) electrons. The number of carbonyl (C=O) groups excluding carboxylic acids is 1. The number of para-hydroxylation sites is 1. The molecule has 0 heterocycles. The normalized spacial score (nSPS) is 12.1. The molecule has 1 atom stereocenters. The number of nitrogens with zero attached hydrogens (tertiary/aromatic N) is 1. The summed E-state index contributed by atoms with van der Waals surface area (Å²) in [6.07, 6.45) is -0.559. The van der Waals surface area contributed by atoms with E-state index in [1.165, 1.54) is 4.90 Å². The van der Waals surface area contributed by atoms with Crippen LogP contribution in [0.2, 0.25) is 0 Å². The van der Waals surface area contributed by atoms with Gasteiger partial charge in [-0.25, -0.2) is 0 Å². The molecule has 1 aromatic rings. The predicted molar refractivity (Wildman–Crippen MR) is 65.9 cm³/mol. The molecule has 0 saturated heterocycles. The second-order valence-electron chi connectivity index (χ2n) is 4.21. The number of aliphatic hydroxyl groups excluding tert-OH is 1. The molecule has 1 amide bonds. The maximum atomic E-state index is 11.7. The number of hydrogen-bond acceptors (Lipinski definition) is 3. The number of aryl methyl sites for hydroxylation is 1. The van der Waals surface area contributed by atoms with E-state index >= 15 is 0 Å². The van der Waals surface area contributed by atoms with Crippen molar-refractivity contribution in [2.24, 2.45) is 0 Å². The van der Waals surface area contributed by atoms with Crippen molar-refractivity contribution in [3.63, 3.8) is 0 Å². The average molecular weight is 237 g/mol. The van der Waals surface area contributed by atoms with Gasteiger partial charge in [0, 0.05) is 19.7 Å². The minimum Gasteiger partial charge on any atom is -0.480 e. The number of likely N-dealkylation sites (N-methyl/N-ethyl adjacent to an activating group) is 1. The fourth-order valence-electron chi connectivity index (χ4n) is 1.60. The van der Waals surface area contributed by atoms with Crippen LogP contribution in [0.1, 0.15) is 18.1 Å². The van der Waals surface area contributed by atoms with Gasteiger partial charge < -0.3 is 14.7 Å². The number of carbonyl (C=O) groups is 1. The highest BCUT2D eigenvalue weighted by atomic mass is 16.5. The lowest BCUT2D eigenvalue weighted by atomic mass is 10.1. The van der Waals surface area contributed by atoms with Crippen LogP contribution < -0.4 is 4.74 Å². The lowest BCUT2D eigenvalue weighted by Crippen LogP contribution is -2.35. The summed E-state index contributed by atoms with van der Waals surface area (Å²) in [4.78, 5) is 13.2. The predicted octanol–water partition coefficient (Wildman–Crippen LogP) is 1.34. The summed E-state index contributed by atoms with van der Waals surface area (Å²) in [5, 5.41) is 9.23. The molecule has 0 saturated carbocycles. The second-order valence-corrected chi connectivity index (χ2v) is 4.21. The first-order chi connectivity index (χ1) is 7.97. The smallest absolute Gasteiger partial charge is 0.262 e. The van der Waals surface area contributed by atoms with Gasteiger partial charge in [0.2, 0.25) is 0 Å². The summed E-state index contributed by atoms with van der Waals surface area (Å²) in [6, 6.07) is 5.53. The standard InChI is InChI=1S/C13H19NO3/c1-9-6-5-7-11(8-15)12(9)17-10(2)13(16)14(3)4/h5-7,10,15H,8H2,1-4H3. The van der Waals surface area contributed by atoms with Gasteiger partial charge in [-0.2, -0.15) is 0 Å². The van der Waals surface area contributed by atoms with E-state index in [-0.39, 0.29) is 12.5 Å². The Labute approximate surface area is 102 Å². The number of ether oxygens (including phenoxy) is 1. The molecule has 0 bridgehead atoms. The summed E-state index contributed by atoms with van der Waals surface area (Å²) in [7, 11) is 3.37. The van der Waals surface area contributed by atoms with Crippen LogP contribution in [0.15, 0.2) is 18.2 Å². The van der Waals surface area contributed by atoms with Crippen LogP contribution in [0.3, 0.4) is 0 Å². The summed E-state index contributed by atoms with van der Waals surface area (Å²) < 4.78 is 5.64. The quantitative estimate of drug-likeness (QED) is 0.859. The molecule has 0 fully saturated rings. The van der Waals surface area contributed by atoms with E-state index in [2.05, 4.69) is 0 Å². The molecule has 1 aromatic carbocycles. The first-order valence-corrected chi connectivity index (χ1v) is 5.54. The first kappa shape index (κ1) is 13.5. The Hall–Kier alpha value is -1.55. The van der Waals surface area contributed by atoms with Gasteiger partial charge in [-0.1, -0.05) is 18.2 Å². The van der Waals surface area contributed by atoms with Crippen LogP contribution in [0.4, 0.5) is 0 Å². The number of rotatable bonds is 4. The van der Waals surface area contributed by atoms with Crippen molar-refractivity contribution >= 4 is 5.91 Å². The highest BCUT2D eigenvalue weighted by Crippen LogP contribution is 2.24. The molecule has 0 aliphatic heterocycles. The fraction of sp³-hybridized carbons (Fsp3) is 0.462. The Kier molecular flexibility index (Phi) is 4.52. The van der Waals surface area contributed by atoms with Crippen LogP contribution in [0, 0.1) is 6.92 Å². The number of benzene rings is 1. The van der Waals surface area contributed by atoms with Gasteiger partial charge in [0.1, 0.15) is 5.75 Å². The van der Waals surface area contributed by atoms with Gasteiger partial charge in [0.25, 0.3) is 5.91 Å². The topological polar surface area (TPSA) is 49.8 Å². The van der Waals surface area contributed by atoms with Crippen LogP contribution in [0.5, 0.6) is 5.75 Å². The molecular formula is C13H19NO3. The van der Waals surface area contributed by atoms with Crippen molar-refractivity contribution in [1.82, 2.24) is 4.90 Å². The number of amides is 1. The van der Waals surface area contributed by atoms with Gasteiger partial charge in [0.15, 0.2) is 6.10 Å². The molecule has 94 valence electrons. The first-order valence-electron chi connectivity index (χ1n) is 5.54. The lowest BCUT2D eigenvalue weighted by Gasteiger charge is -2.20. The molecule has 4 heteroatoms. The molecule has 1 rings (SSSR count). The Bertz CT molecular complexity index is 402. The van der Waals surface area contributed by atoms with Crippen LogP contribution in [0.25, 0.3) is 0 Å². The zero-order valence-corrected chi connectivity index (χ0v) is 10.7. The second kappa shape index (κ2) is 5.68. The molecule has 17 heavy (non-hydrogen) atoms. The van der Waals surface area contributed by atoms with Gasteiger partial charge >= 0.3 is 0 Å². The molecule has 0 aromatic heterocycles. The maximum Gasteiger partial charge on any atom is 0.262 e. The summed E-state index contributed by atoms with van der Waals surface area (Å²) >= 11 is 0. The van der Waals surface area contributed by atoms with Crippen LogP contribution in [-0.4, -0.2) is 36.1 Å². The van der Waals surface area contributed by atoms with E-state index < -0.39 is 6.10 Å². The van der Waals surface area contributed by atoms with E-state index in [1.807, 2.05) is 19.1 Å². The average Bonchev–Trinajstić information content (AvgIpc) is 2.30. The Morgan fingerprint density at radius 3 is 2.65 bits per heavy atom. The third-order valence-electron chi connectivity index (χ3n) is 2.55. The SMILES string of the molecule is Cc1cccc(CO)c1OC(C)C(=O)N(C)C. The summed E-state index contributed by atoms with van der Waals surface area (Å²) in [5.74, 6) is 0.495.